The van der Waals surface area contributed by atoms with Gasteiger partial charge in [0, 0.05) is 18.3 Å². The average molecular weight is 189 g/mol. The molecular formula is C9H13ClO2. The maximum Gasteiger partial charge on any atom is 0.307 e. The van der Waals surface area contributed by atoms with Crippen LogP contribution in [0.2, 0.25) is 0 Å². The number of halogens is 1. The third-order valence-corrected chi connectivity index (χ3v) is 3.18. The van der Waals surface area contributed by atoms with Gasteiger partial charge in [-0.15, -0.1) is 0 Å². The highest BCUT2D eigenvalue weighted by atomic mass is 35.5. The molecule has 2 nitrogen and oxygen atoms in total. The van der Waals surface area contributed by atoms with Gasteiger partial charge in [0.05, 0.1) is 5.03 Å². The normalized spacial score (nSPS) is 26.6. The SMILES string of the molecule is CC(=O)OC1=C(Cl)C(C)(C)C1C. The van der Waals surface area contributed by atoms with Crippen LogP contribution in [0.3, 0.4) is 0 Å². The van der Waals surface area contributed by atoms with E-state index in [1.54, 1.807) is 0 Å². The molecule has 68 valence electrons. The summed E-state index contributed by atoms with van der Waals surface area (Å²) in [4.78, 5) is 10.6. The van der Waals surface area contributed by atoms with Crippen molar-refractivity contribution in [3.63, 3.8) is 0 Å². The molecule has 1 rings (SSSR count). The van der Waals surface area contributed by atoms with Crippen LogP contribution < -0.4 is 0 Å². The van der Waals surface area contributed by atoms with Gasteiger partial charge >= 0.3 is 5.97 Å². The van der Waals surface area contributed by atoms with Gasteiger partial charge in [0.1, 0.15) is 5.76 Å². The molecule has 0 aliphatic heterocycles. The van der Waals surface area contributed by atoms with E-state index in [1.807, 2.05) is 20.8 Å². The molecule has 0 saturated heterocycles. The Morgan fingerprint density at radius 2 is 2.08 bits per heavy atom. The lowest BCUT2D eigenvalue weighted by atomic mass is 9.69. The van der Waals surface area contributed by atoms with Gasteiger partial charge in [-0.2, -0.15) is 0 Å². The predicted molar refractivity (Wildman–Crippen MR) is 47.6 cm³/mol. The van der Waals surface area contributed by atoms with Crippen molar-refractivity contribution >= 4 is 17.6 Å². The molecular weight excluding hydrogens is 176 g/mol. The number of rotatable bonds is 1. The molecule has 0 aromatic heterocycles. The molecule has 0 fully saturated rings. The molecule has 0 N–H and O–H groups in total. The molecule has 0 radical (unpaired) electrons. The van der Waals surface area contributed by atoms with E-state index in [0.717, 1.165) is 0 Å². The van der Waals surface area contributed by atoms with E-state index >= 15 is 0 Å². The lowest BCUT2D eigenvalue weighted by Crippen LogP contribution is -2.36. The maximum atomic E-state index is 10.6. The van der Waals surface area contributed by atoms with Gasteiger partial charge in [-0.1, -0.05) is 32.4 Å². The average Bonchev–Trinajstić information content (AvgIpc) is 1.98. The van der Waals surface area contributed by atoms with E-state index in [4.69, 9.17) is 16.3 Å². The number of carbonyl (C=O) groups excluding carboxylic acids is 1. The quantitative estimate of drug-likeness (QED) is 0.592. The maximum absolute atomic E-state index is 10.6. The van der Waals surface area contributed by atoms with Gasteiger partial charge in [0.2, 0.25) is 0 Å². The van der Waals surface area contributed by atoms with E-state index in [2.05, 4.69) is 0 Å². The van der Waals surface area contributed by atoms with Crippen molar-refractivity contribution < 1.29 is 9.53 Å². The van der Waals surface area contributed by atoms with Crippen molar-refractivity contribution in [1.82, 2.24) is 0 Å². The highest BCUT2D eigenvalue weighted by Crippen LogP contribution is 2.53. The van der Waals surface area contributed by atoms with Crippen LogP contribution in [0.4, 0.5) is 0 Å². The van der Waals surface area contributed by atoms with Gasteiger partial charge < -0.3 is 4.74 Å². The van der Waals surface area contributed by atoms with Crippen molar-refractivity contribution in [2.45, 2.75) is 27.7 Å². The summed E-state index contributed by atoms with van der Waals surface area (Å²) in [5.41, 5.74) is -0.0354. The number of hydrogen-bond donors (Lipinski definition) is 0. The second-order valence-corrected chi connectivity index (χ2v) is 4.09. The molecule has 0 aromatic carbocycles. The van der Waals surface area contributed by atoms with Crippen LogP contribution in [0.25, 0.3) is 0 Å². The third kappa shape index (κ3) is 1.24. The van der Waals surface area contributed by atoms with E-state index in [-0.39, 0.29) is 17.3 Å². The summed E-state index contributed by atoms with van der Waals surface area (Å²) < 4.78 is 4.96. The Morgan fingerprint density at radius 3 is 2.42 bits per heavy atom. The van der Waals surface area contributed by atoms with Gasteiger partial charge in [0.25, 0.3) is 0 Å². The number of carbonyl (C=O) groups is 1. The molecule has 3 heteroatoms. The van der Waals surface area contributed by atoms with Crippen LogP contribution in [0.15, 0.2) is 10.8 Å². The minimum atomic E-state index is -0.300. The second kappa shape index (κ2) is 2.77. The zero-order valence-electron chi connectivity index (χ0n) is 7.77. The van der Waals surface area contributed by atoms with Crippen LogP contribution in [0, 0.1) is 11.3 Å². The lowest BCUT2D eigenvalue weighted by molar-refractivity contribution is -0.139. The van der Waals surface area contributed by atoms with Gasteiger partial charge in [-0.3, -0.25) is 4.79 Å². The summed E-state index contributed by atoms with van der Waals surface area (Å²) in [5, 5.41) is 0.671. The number of ether oxygens (including phenoxy) is 1. The Labute approximate surface area is 77.5 Å². The van der Waals surface area contributed by atoms with E-state index < -0.39 is 0 Å². The van der Waals surface area contributed by atoms with Crippen LogP contribution in [0.1, 0.15) is 27.7 Å². The first-order valence-corrected chi connectivity index (χ1v) is 4.33. The zero-order chi connectivity index (χ0) is 9.52. The lowest BCUT2D eigenvalue weighted by Gasteiger charge is -2.42. The molecule has 0 saturated carbocycles. The molecule has 1 unspecified atom stereocenters. The fraction of sp³-hybridized carbons (Fsp3) is 0.667. The Morgan fingerprint density at radius 1 is 1.58 bits per heavy atom. The largest absolute Gasteiger partial charge is 0.430 e. The summed E-state index contributed by atoms with van der Waals surface area (Å²) in [6.45, 7) is 7.46. The molecule has 1 atom stereocenters. The zero-order valence-corrected chi connectivity index (χ0v) is 8.53. The predicted octanol–water partition coefficient (Wildman–Crippen LogP) is 2.68. The first-order chi connectivity index (χ1) is 5.37. The van der Waals surface area contributed by atoms with E-state index in [9.17, 15) is 4.79 Å². The van der Waals surface area contributed by atoms with Gasteiger partial charge in [-0.05, 0) is 0 Å². The monoisotopic (exact) mass is 188 g/mol. The highest BCUT2D eigenvalue weighted by Gasteiger charge is 2.45. The summed E-state index contributed by atoms with van der Waals surface area (Å²) in [5.74, 6) is 0.563. The summed E-state index contributed by atoms with van der Waals surface area (Å²) in [6.07, 6.45) is 0. The van der Waals surface area contributed by atoms with Crippen molar-refractivity contribution in [3.8, 4) is 0 Å². The molecule has 0 aromatic rings. The van der Waals surface area contributed by atoms with Crippen LogP contribution in [0.5, 0.6) is 0 Å². The topological polar surface area (TPSA) is 26.3 Å². The molecule has 1 aliphatic rings. The van der Waals surface area contributed by atoms with Crippen molar-refractivity contribution in [2.24, 2.45) is 11.3 Å². The first-order valence-electron chi connectivity index (χ1n) is 3.96. The van der Waals surface area contributed by atoms with Crippen molar-refractivity contribution in [1.29, 1.82) is 0 Å². The molecule has 12 heavy (non-hydrogen) atoms. The highest BCUT2D eigenvalue weighted by molar-refractivity contribution is 6.31. The summed E-state index contributed by atoms with van der Waals surface area (Å²) in [7, 11) is 0. The minimum Gasteiger partial charge on any atom is -0.430 e. The smallest absolute Gasteiger partial charge is 0.307 e. The molecule has 0 bridgehead atoms. The molecule has 0 spiro atoms. The fourth-order valence-corrected chi connectivity index (χ4v) is 1.60. The summed E-state index contributed by atoms with van der Waals surface area (Å²) in [6, 6.07) is 0. The Kier molecular flexibility index (Phi) is 2.21. The Bertz CT molecular complexity index is 253. The number of esters is 1. The number of allylic oxidation sites excluding steroid dienone is 2. The Balaban J connectivity index is 2.81. The van der Waals surface area contributed by atoms with Crippen LogP contribution in [-0.4, -0.2) is 5.97 Å². The van der Waals surface area contributed by atoms with Gasteiger partial charge in [-0.25, -0.2) is 0 Å². The fourth-order valence-electron chi connectivity index (χ4n) is 1.24. The van der Waals surface area contributed by atoms with Gasteiger partial charge in [0.15, 0.2) is 0 Å². The third-order valence-electron chi connectivity index (χ3n) is 2.51. The molecule has 0 amide bonds. The van der Waals surface area contributed by atoms with E-state index in [0.29, 0.717) is 10.8 Å². The molecule has 1 aliphatic carbocycles. The summed E-state index contributed by atoms with van der Waals surface area (Å²) >= 11 is 5.95. The first kappa shape index (κ1) is 9.59. The van der Waals surface area contributed by atoms with Crippen molar-refractivity contribution in [3.05, 3.63) is 10.8 Å². The second-order valence-electron chi connectivity index (χ2n) is 3.72. The van der Waals surface area contributed by atoms with E-state index in [1.165, 1.54) is 6.92 Å². The minimum absolute atomic E-state index is 0.0354. The van der Waals surface area contributed by atoms with Crippen molar-refractivity contribution in [2.75, 3.05) is 0 Å². The Hall–Kier alpha value is -0.500. The molecule has 0 heterocycles. The van der Waals surface area contributed by atoms with Crippen LogP contribution >= 0.6 is 11.6 Å². The van der Waals surface area contributed by atoms with Crippen LogP contribution in [-0.2, 0) is 9.53 Å². The number of hydrogen-bond acceptors (Lipinski definition) is 2. The standard InChI is InChI=1S/C9H13ClO2/c1-5-7(12-6(2)11)8(10)9(5,3)4/h5H,1-4H3.